The van der Waals surface area contributed by atoms with Gasteiger partial charge in [0, 0.05) is 5.56 Å². The van der Waals surface area contributed by atoms with Gasteiger partial charge in [0.05, 0.1) is 18.1 Å². The molecule has 0 unspecified atom stereocenters. The van der Waals surface area contributed by atoms with E-state index in [2.05, 4.69) is 4.99 Å². The minimum atomic E-state index is -0.749. The lowest BCUT2D eigenvalue weighted by atomic mass is 10.1. The second-order valence-electron chi connectivity index (χ2n) is 9.06. The van der Waals surface area contributed by atoms with Gasteiger partial charge in [-0.2, -0.15) is 0 Å². The highest BCUT2D eigenvalue weighted by Crippen LogP contribution is 2.40. The summed E-state index contributed by atoms with van der Waals surface area (Å²) in [6.45, 7) is 8.44. The van der Waals surface area contributed by atoms with Crippen LogP contribution in [0.2, 0.25) is 0 Å². The molecule has 0 saturated heterocycles. The molecule has 7 nitrogen and oxygen atoms in total. The summed E-state index contributed by atoms with van der Waals surface area (Å²) in [5.74, 6) is -0.434. The van der Waals surface area contributed by atoms with E-state index in [0.717, 1.165) is 22.9 Å². The van der Waals surface area contributed by atoms with E-state index >= 15 is 0 Å². The van der Waals surface area contributed by atoms with E-state index in [-0.39, 0.29) is 23.0 Å². The number of carbonyl (C=O) groups excluding carboxylic acids is 2. The van der Waals surface area contributed by atoms with Gasteiger partial charge in [0.15, 0.2) is 11.5 Å². The lowest BCUT2D eigenvalue weighted by Gasteiger charge is -2.13. The summed E-state index contributed by atoms with van der Waals surface area (Å²) in [6.07, 6.45) is 1.70. The minimum Gasteiger partial charge on any atom is -0.506 e. The number of amides is 1. The highest BCUT2D eigenvalue weighted by Gasteiger charge is 2.34. The molecule has 0 radical (unpaired) electrons. The van der Waals surface area contributed by atoms with E-state index in [0.29, 0.717) is 40.7 Å². The zero-order chi connectivity index (χ0) is 28.6. The molecule has 3 aromatic carbocycles. The third kappa shape index (κ3) is 7.01. The predicted octanol–water partition coefficient (Wildman–Crippen LogP) is 6.98. The first-order valence-electron chi connectivity index (χ1n) is 12.9. The van der Waals surface area contributed by atoms with Gasteiger partial charge >= 0.3 is 5.97 Å². The van der Waals surface area contributed by atoms with Crippen molar-refractivity contribution in [3.63, 3.8) is 0 Å². The summed E-state index contributed by atoms with van der Waals surface area (Å²) in [6, 6.07) is 20.5. The van der Waals surface area contributed by atoms with Crippen LogP contribution in [0.3, 0.4) is 0 Å². The van der Waals surface area contributed by atoms with Crippen molar-refractivity contribution in [2.24, 2.45) is 4.99 Å². The summed E-state index contributed by atoms with van der Waals surface area (Å²) >= 11 is 1.03. The Morgan fingerprint density at radius 3 is 2.20 bits per heavy atom. The Bertz CT molecular complexity index is 1490. The third-order valence-corrected chi connectivity index (χ3v) is 6.97. The zero-order valence-electron chi connectivity index (χ0n) is 22.9. The summed E-state index contributed by atoms with van der Waals surface area (Å²) in [5, 5.41) is 11.1. The van der Waals surface area contributed by atoms with E-state index in [4.69, 9.17) is 14.2 Å². The van der Waals surface area contributed by atoms with Crippen LogP contribution in [0.5, 0.6) is 11.5 Å². The first-order valence-corrected chi connectivity index (χ1v) is 13.8. The predicted molar refractivity (Wildman–Crippen MR) is 158 cm³/mol. The average Bonchev–Trinajstić information content (AvgIpc) is 3.23. The van der Waals surface area contributed by atoms with Crippen LogP contribution < -0.4 is 9.47 Å². The molecule has 1 aliphatic rings. The van der Waals surface area contributed by atoms with Crippen LogP contribution in [0.1, 0.15) is 46.5 Å². The van der Waals surface area contributed by atoms with E-state index in [1.54, 1.807) is 37.3 Å². The number of rotatable bonds is 9. The van der Waals surface area contributed by atoms with Crippen molar-refractivity contribution < 1.29 is 28.9 Å². The number of thioether (sulfide) groups is 1. The summed E-state index contributed by atoms with van der Waals surface area (Å²) in [5.41, 5.74) is 4.16. The first-order chi connectivity index (χ1) is 19.3. The highest BCUT2D eigenvalue weighted by molar-refractivity contribution is 8.18. The minimum absolute atomic E-state index is 0.0795. The Morgan fingerprint density at radius 2 is 1.55 bits per heavy atom. The van der Waals surface area contributed by atoms with Gasteiger partial charge in [-0.05, 0) is 69.2 Å². The molecule has 1 aliphatic heterocycles. The molecule has 0 aromatic heterocycles. The maximum absolute atomic E-state index is 12.8. The van der Waals surface area contributed by atoms with Crippen molar-refractivity contribution in [1.82, 2.24) is 0 Å². The summed E-state index contributed by atoms with van der Waals surface area (Å²) in [7, 11) is 0. The SMILES string of the molecule is CCOC(=O)C1=C(O)/C(=C/c2ccc(OCc3ccc(C)cc3)c(OCC)c2)SC1=NC(=O)c1ccc(C)cc1. The average molecular weight is 558 g/mol. The van der Waals surface area contributed by atoms with Gasteiger partial charge in [-0.1, -0.05) is 65.4 Å². The second-order valence-corrected chi connectivity index (χ2v) is 10.1. The van der Waals surface area contributed by atoms with Crippen molar-refractivity contribution in [3.05, 3.63) is 111 Å². The van der Waals surface area contributed by atoms with E-state index < -0.39 is 11.9 Å². The van der Waals surface area contributed by atoms with E-state index in [1.165, 1.54) is 5.56 Å². The van der Waals surface area contributed by atoms with Gasteiger partial charge in [0.1, 0.15) is 23.0 Å². The van der Waals surface area contributed by atoms with Gasteiger partial charge < -0.3 is 19.3 Å². The number of benzene rings is 3. The molecule has 0 fully saturated rings. The van der Waals surface area contributed by atoms with E-state index in [9.17, 15) is 14.7 Å². The van der Waals surface area contributed by atoms with Crippen molar-refractivity contribution in [3.8, 4) is 11.5 Å². The van der Waals surface area contributed by atoms with Crippen molar-refractivity contribution in [1.29, 1.82) is 0 Å². The molecule has 0 spiro atoms. The van der Waals surface area contributed by atoms with Crippen LogP contribution in [-0.2, 0) is 16.1 Å². The van der Waals surface area contributed by atoms with Crippen molar-refractivity contribution >= 4 is 34.8 Å². The number of hydrogen-bond donors (Lipinski definition) is 1. The Morgan fingerprint density at radius 1 is 0.875 bits per heavy atom. The van der Waals surface area contributed by atoms with Crippen LogP contribution >= 0.6 is 11.8 Å². The lowest BCUT2D eigenvalue weighted by molar-refractivity contribution is -0.138. The topological polar surface area (TPSA) is 94.4 Å². The molecular weight excluding hydrogens is 526 g/mol. The fourth-order valence-electron chi connectivity index (χ4n) is 3.84. The molecule has 0 bridgehead atoms. The second kappa shape index (κ2) is 13.2. The number of esters is 1. The number of aliphatic imine (C=N–C) groups is 1. The van der Waals surface area contributed by atoms with Crippen LogP contribution in [0.4, 0.5) is 0 Å². The van der Waals surface area contributed by atoms with E-state index in [1.807, 2.05) is 63.2 Å². The first kappa shape index (κ1) is 28.7. The maximum Gasteiger partial charge on any atom is 0.344 e. The van der Waals surface area contributed by atoms with Crippen molar-refractivity contribution in [2.75, 3.05) is 13.2 Å². The third-order valence-electron chi connectivity index (χ3n) is 5.95. The van der Waals surface area contributed by atoms with Gasteiger partial charge in [0.2, 0.25) is 0 Å². The number of hydrogen-bond acceptors (Lipinski definition) is 7. The fraction of sp³-hybridized carbons (Fsp3) is 0.219. The quantitative estimate of drug-likeness (QED) is 0.284. The Labute approximate surface area is 238 Å². The molecule has 8 heteroatoms. The Balaban J connectivity index is 1.62. The molecule has 0 atom stereocenters. The van der Waals surface area contributed by atoms with Crippen LogP contribution in [0.25, 0.3) is 6.08 Å². The molecule has 4 rings (SSSR count). The Kier molecular flexibility index (Phi) is 9.45. The molecule has 0 aliphatic carbocycles. The largest absolute Gasteiger partial charge is 0.506 e. The van der Waals surface area contributed by atoms with Crippen LogP contribution in [-0.4, -0.2) is 35.2 Å². The fourth-order valence-corrected chi connectivity index (χ4v) is 4.86. The molecule has 1 heterocycles. The molecule has 1 N–H and O–H groups in total. The van der Waals surface area contributed by atoms with Crippen LogP contribution in [0, 0.1) is 13.8 Å². The van der Waals surface area contributed by atoms with Gasteiger partial charge in [-0.3, -0.25) is 4.79 Å². The standard InChI is InChI=1S/C32H31NO6S/c1-5-37-26-17-23(13-16-25(26)39-19-22-11-7-20(3)8-12-22)18-27-29(34)28(32(36)38-6-2)31(40-27)33-30(35)24-14-9-21(4)10-15-24/h7-18,34H,5-6,19H2,1-4H3/b27-18-,33-31?. The number of aliphatic hydroxyl groups is 1. The maximum atomic E-state index is 12.8. The number of nitrogens with zero attached hydrogens (tertiary/aromatic N) is 1. The highest BCUT2D eigenvalue weighted by atomic mass is 32.2. The summed E-state index contributed by atoms with van der Waals surface area (Å²) in [4.78, 5) is 30.1. The number of carbonyl (C=O) groups is 2. The van der Waals surface area contributed by atoms with Gasteiger partial charge in [-0.15, -0.1) is 0 Å². The molecule has 3 aromatic rings. The monoisotopic (exact) mass is 557 g/mol. The van der Waals surface area contributed by atoms with Crippen LogP contribution in [0.15, 0.2) is 88.0 Å². The Hall–Kier alpha value is -4.30. The molecule has 1 amide bonds. The van der Waals surface area contributed by atoms with Crippen molar-refractivity contribution in [2.45, 2.75) is 34.3 Å². The number of aliphatic hydroxyl groups excluding tert-OH is 1. The molecule has 0 saturated carbocycles. The number of aryl methyl sites for hydroxylation is 2. The lowest BCUT2D eigenvalue weighted by Crippen LogP contribution is -2.14. The molecule has 40 heavy (non-hydrogen) atoms. The summed E-state index contributed by atoms with van der Waals surface area (Å²) < 4.78 is 17.0. The van der Waals surface area contributed by atoms with Gasteiger partial charge in [0.25, 0.3) is 5.91 Å². The molecular formula is C32H31NO6S. The zero-order valence-corrected chi connectivity index (χ0v) is 23.7. The van der Waals surface area contributed by atoms with Gasteiger partial charge in [-0.25, -0.2) is 9.79 Å². The normalized spacial score (nSPS) is 15.0. The smallest absolute Gasteiger partial charge is 0.344 e. The number of ether oxygens (including phenoxy) is 3. The molecule has 206 valence electrons.